The maximum absolute atomic E-state index is 13.1. The minimum absolute atomic E-state index is 0.0745. The van der Waals surface area contributed by atoms with Crippen LogP contribution in [0.15, 0.2) is 54.6 Å². The normalized spacial score (nSPS) is 15.8. The van der Waals surface area contributed by atoms with Gasteiger partial charge >= 0.3 is 0 Å². The van der Waals surface area contributed by atoms with E-state index in [9.17, 15) is 4.79 Å². The van der Waals surface area contributed by atoms with Crippen LogP contribution in [-0.4, -0.2) is 92.8 Å². The summed E-state index contributed by atoms with van der Waals surface area (Å²) in [7, 11) is 8.50. The molecule has 1 heterocycles. The van der Waals surface area contributed by atoms with Gasteiger partial charge in [0.1, 0.15) is 0 Å². The zero-order valence-corrected chi connectivity index (χ0v) is 20.1. The number of likely N-dealkylation sites (N-methyl/N-ethyl adjacent to an activating group) is 3. The van der Waals surface area contributed by atoms with Crippen molar-refractivity contribution in [3.05, 3.63) is 76.9 Å². The summed E-state index contributed by atoms with van der Waals surface area (Å²) >= 11 is 0. The lowest BCUT2D eigenvalue weighted by Crippen LogP contribution is -2.44. The van der Waals surface area contributed by atoms with Gasteiger partial charge in [0.15, 0.2) is 5.78 Å². The molecule has 0 radical (unpaired) electrons. The summed E-state index contributed by atoms with van der Waals surface area (Å²) in [6.07, 6.45) is 3.71. The molecule has 3 rings (SSSR count). The van der Waals surface area contributed by atoms with Gasteiger partial charge in [0, 0.05) is 57.9 Å². The van der Waals surface area contributed by atoms with Crippen molar-refractivity contribution in [2.24, 2.45) is 0 Å². The Morgan fingerprint density at radius 3 is 2.28 bits per heavy atom. The number of hydrogen-bond donors (Lipinski definition) is 0. The summed E-state index contributed by atoms with van der Waals surface area (Å²) in [4.78, 5) is 22.4. The van der Waals surface area contributed by atoms with E-state index >= 15 is 0 Å². The largest absolute Gasteiger partial charge is 0.308 e. The quantitative estimate of drug-likeness (QED) is 0.423. The molecule has 0 aliphatic carbocycles. The Hall–Kier alpha value is -2.31. The molecule has 0 saturated carbocycles. The van der Waals surface area contributed by atoms with Crippen LogP contribution in [0.3, 0.4) is 0 Å². The molecule has 0 bridgehead atoms. The van der Waals surface area contributed by atoms with Crippen LogP contribution >= 0.6 is 0 Å². The van der Waals surface area contributed by atoms with Gasteiger partial charge < -0.3 is 14.7 Å². The molecule has 1 aliphatic heterocycles. The highest BCUT2D eigenvalue weighted by Gasteiger charge is 2.16. The van der Waals surface area contributed by atoms with E-state index in [-0.39, 0.29) is 5.78 Å². The number of ketones is 1. The average Bonchev–Trinajstić information content (AvgIpc) is 2.79. The molecule has 1 saturated heterocycles. The van der Waals surface area contributed by atoms with Gasteiger partial charge in [-0.15, -0.1) is 0 Å². The second-order valence-corrected chi connectivity index (χ2v) is 9.17. The first-order chi connectivity index (χ1) is 15.4. The van der Waals surface area contributed by atoms with E-state index in [0.29, 0.717) is 0 Å². The van der Waals surface area contributed by atoms with Crippen molar-refractivity contribution < 1.29 is 4.79 Å². The Labute approximate surface area is 193 Å². The maximum Gasteiger partial charge on any atom is 0.186 e. The van der Waals surface area contributed by atoms with E-state index in [4.69, 9.17) is 0 Å². The summed E-state index contributed by atoms with van der Waals surface area (Å²) in [5.74, 6) is 0.0745. The first-order valence-corrected chi connectivity index (χ1v) is 11.5. The summed E-state index contributed by atoms with van der Waals surface area (Å²) in [5, 5.41) is 0. The van der Waals surface area contributed by atoms with Crippen molar-refractivity contribution in [2.75, 3.05) is 67.5 Å². The van der Waals surface area contributed by atoms with Gasteiger partial charge in [0.05, 0.1) is 0 Å². The lowest BCUT2D eigenvalue weighted by molar-refractivity contribution is 0.104. The monoisotopic (exact) mass is 434 g/mol. The molecule has 2 aromatic carbocycles. The molecule has 1 fully saturated rings. The van der Waals surface area contributed by atoms with Crippen molar-refractivity contribution in [3.63, 3.8) is 0 Å². The van der Waals surface area contributed by atoms with Gasteiger partial charge in [-0.3, -0.25) is 9.69 Å². The van der Waals surface area contributed by atoms with Crippen LogP contribution in [0.2, 0.25) is 0 Å². The molecule has 1 aliphatic rings. The highest BCUT2D eigenvalue weighted by molar-refractivity contribution is 6.07. The lowest BCUT2D eigenvalue weighted by atomic mass is 10.0. The molecule has 0 N–H and O–H groups in total. The van der Waals surface area contributed by atoms with Crippen LogP contribution in [0.25, 0.3) is 6.08 Å². The number of nitrogens with zero attached hydrogens (tertiary/aromatic N) is 4. The average molecular weight is 435 g/mol. The third kappa shape index (κ3) is 7.38. The van der Waals surface area contributed by atoms with Gasteiger partial charge in [-0.1, -0.05) is 54.6 Å². The number of hydrogen-bond acceptors (Lipinski definition) is 5. The predicted octanol–water partition coefficient (Wildman–Crippen LogP) is 3.32. The van der Waals surface area contributed by atoms with Crippen LogP contribution in [0.5, 0.6) is 0 Å². The first kappa shape index (κ1) is 24.3. The third-order valence-corrected chi connectivity index (χ3v) is 6.11. The smallest absolute Gasteiger partial charge is 0.186 e. The molecule has 5 nitrogen and oxygen atoms in total. The van der Waals surface area contributed by atoms with E-state index in [1.807, 2.05) is 30.3 Å². The van der Waals surface area contributed by atoms with E-state index in [1.54, 1.807) is 6.08 Å². The van der Waals surface area contributed by atoms with Crippen molar-refractivity contribution in [3.8, 4) is 0 Å². The van der Waals surface area contributed by atoms with Crippen molar-refractivity contribution in [2.45, 2.75) is 13.1 Å². The van der Waals surface area contributed by atoms with Crippen molar-refractivity contribution in [1.82, 2.24) is 19.6 Å². The van der Waals surface area contributed by atoms with E-state index in [0.717, 1.165) is 69.0 Å². The molecule has 0 aromatic heterocycles. The minimum Gasteiger partial charge on any atom is -0.308 e. The van der Waals surface area contributed by atoms with Crippen LogP contribution in [0.4, 0.5) is 0 Å². The van der Waals surface area contributed by atoms with Gasteiger partial charge in [0.2, 0.25) is 0 Å². The Bertz CT molecular complexity index is 900. The summed E-state index contributed by atoms with van der Waals surface area (Å²) in [5.41, 5.74) is 4.27. The number of allylic oxidation sites excluding steroid dienone is 1. The number of carbonyl (C=O) groups excluding carboxylic acids is 1. The molecule has 0 unspecified atom stereocenters. The van der Waals surface area contributed by atoms with Gasteiger partial charge in [-0.05, 0) is 51.0 Å². The van der Waals surface area contributed by atoms with E-state index in [1.165, 1.54) is 5.56 Å². The topological polar surface area (TPSA) is 30.0 Å². The Morgan fingerprint density at radius 1 is 0.906 bits per heavy atom. The molecule has 0 atom stereocenters. The minimum atomic E-state index is 0.0745. The van der Waals surface area contributed by atoms with Gasteiger partial charge in [-0.25, -0.2) is 0 Å². The molecule has 0 spiro atoms. The van der Waals surface area contributed by atoms with Crippen molar-refractivity contribution >= 4 is 11.9 Å². The van der Waals surface area contributed by atoms with E-state index in [2.05, 4.69) is 72.1 Å². The summed E-state index contributed by atoms with van der Waals surface area (Å²) < 4.78 is 0. The fourth-order valence-electron chi connectivity index (χ4n) is 3.98. The highest BCUT2D eigenvalue weighted by Crippen LogP contribution is 2.17. The number of carbonyl (C=O) groups is 1. The fourth-order valence-corrected chi connectivity index (χ4v) is 3.98. The Balaban J connectivity index is 1.68. The first-order valence-electron chi connectivity index (χ1n) is 11.5. The number of piperazine rings is 1. The van der Waals surface area contributed by atoms with Crippen LogP contribution < -0.4 is 0 Å². The Morgan fingerprint density at radius 2 is 1.56 bits per heavy atom. The van der Waals surface area contributed by atoms with Crippen LogP contribution in [-0.2, 0) is 13.1 Å². The number of rotatable bonds is 10. The second kappa shape index (κ2) is 12.1. The standard InChI is InChI=1S/C27H38N4O/c1-28(2)15-16-30(4)21-24-10-6-5-9-23(24)13-14-27(32)26-12-8-7-11-25(26)22-31-19-17-29(3)18-20-31/h5-14H,15-22H2,1-4H3. The Kier molecular flexibility index (Phi) is 9.18. The van der Waals surface area contributed by atoms with Gasteiger partial charge in [0.25, 0.3) is 0 Å². The van der Waals surface area contributed by atoms with E-state index < -0.39 is 0 Å². The highest BCUT2D eigenvalue weighted by atomic mass is 16.1. The number of benzene rings is 2. The lowest BCUT2D eigenvalue weighted by Gasteiger charge is -2.32. The SMILES string of the molecule is CN(C)CCN(C)Cc1ccccc1C=CC(=O)c1ccccc1CN1CCN(C)CC1. The summed E-state index contributed by atoms with van der Waals surface area (Å²) in [6.45, 7) is 7.97. The molecule has 0 amide bonds. The molecular weight excluding hydrogens is 396 g/mol. The zero-order chi connectivity index (χ0) is 22.9. The summed E-state index contributed by atoms with van der Waals surface area (Å²) in [6, 6.07) is 16.4. The fraction of sp³-hybridized carbons (Fsp3) is 0.444. The molecule has 2 aromatic rings. The molecule has 172 valence electrons. The maximum atomic E-state index is 13.1. The predicted molar refractivity (Wildman–Crippen MR) is 134 cm³/mol. The van der Waals surface area contributed by atoms with Crippen molar-refractivity contribution in [1.29, 1.82) is 0 Å². The van der Waals surface area contributed by atoms with Crippen LogP contribution in [0, 0.1) is 0 Å². The third-order valence-electron chi connectivity index (χ3n) is 6.11. The second-order valence-electron chi connectivity index (χ2n) is 9.17. The molecule has 32 heavy (non-hydrogen) atoms. The van der Waals surface area contributed by atoms with Gasteiger partial charge in [-0.2, -0.15) is 0 Å². The molecular formula is C27H38N4O. The van der Waals surface area contributed by atoms with Crippen LogP contribution in [0.1, 0.15) is 27.0 Å². The molecule has 5 heteroatoms. The zero-order valence-electron chi connectivity index (χ0n) is 20.1.